The van der Waals surface area contributed by atoms with Crippen LogP contribution in [0, 0.1) is 0 Å². The zero-order valence-electron chi connectivity index (χ0n) is 13.0. The summed E-state index contributed by atoms with van der Waals surface area (Å²) >= 11 is 3.29. The standard InChI is InChI=1S/C17H16BrN3O3/c1-2-24-15-6-4-3-5-12(15)11-19-21-17(23)16(22)20-14-9-7-13(18)8-10-14/h3-11H,2H2,1H3,(H,20,22)(H,21,23)/b19-11-. The second-order valence-corrected chi connectivity index (χ2v) is 5.55. The smallest absolute Gasteiger partial charge is 0.329 e. The molecule has 0 heterocycles. The second kappa shape index (κ2) is 8.83. The van der Waals surface area contributed by atoms with Crippen molar-refractivity contribution in [1.82, 2.24) is 5.43 Å². The van der Waals surface area contributed by atoms with Gasteiger partial charge in [-0.1, -0.05) is 28.1 Å². The summed E-state index contributed by atoms with van der Waals surface area (Å²) < 4.78 is 6.32. The van der Waals surface area contributed by atoms with Gasteiger partial charge in [0.1, 0.15) is 5.75 Å². The van der Waals surface area contributed by atoms with Crippen molar-refractivity contribution >= 4 is 39.6 Å². The van der Waals surface area contributed by atoms with E-state index < -0.39 is 11.8 Å². The number of para-hydroxylation sites is 1. The van der Waals surface area contributed by atoms with E-state index in [2.05, 4.69) is 31.8 Å². The lowest BCUT2D eigenvalue weighted by atomic mass is 10.2. The summed E-state index contributed by atoms with van der Waals surface area (Å²) in [5.41, 5.74) is 3.40. The van der Waals surface area contributed by atoms with Gasteiger partial charge >= 0.3 is 11.8 Å². The predicted molar refractivity (Wildman–Crippen MR) is 96.1 cm³/mol. The van der Waals surface area contributed by atoms with Gasteiger partial charge in [0.05, 0.1) is 12.8 Å². The SMILES string of the molecule is CCOc1ccccc1/C=N\NC(=O)C(=O)Nc1ccc(Br)cc1. The lowest BCUT2D eigenvalue weighted by Crippen LogP contribution is -2.32. The van der Waals surface area contributed by atoms with E-state index in [0.717, 1.165) is 4.47 Å². The number of carbonyl (C=O) groups is 2. The second-order valence-electron chi connectivity index (χ2n) is 4.63. The third kappa shape index (κ3) is 5.20. The number of ether oxygens (including phenoxy) is 1. The van der Waals surface area contributed by atoms with Crippen molar-refractivity contribution < 1.29 is 14.3 Å². The monoisotopic (exact) mass is 389 g/mol. The molecule has 0 fully saturated rings. The highest BCUT2D eigenvalue weighted by molar-refractivity contribution is 9.10. The highest BCUT2D eigenvalue weighted by Gasteiger charge is 2.12. The third-order valence-corrected chi connectivity index (χ3v) is 3.43. The number of hydrogen-bond donors (Lipinski definition) is 2. The molecule has 2 amide bonds. The van der Waals surface area contributed by atoms with Gasteiger partial charge in [0.25, 0.3) is 0 Å². The van der Waals surface area contributed by atoms with Crippen LogP contribution in [0.3, 0.4) is 0 Å². The van der Waals surface area contributed by atoms with Gasteiger partial charge < -0.3 is 10.1 Å². The highest BCUT2D eigenvalue weighted by Crippen LogP contribution is 2.15. The Kier molecular flexibility index (Phi) is 6.51. The molecule has 7 heteroatoms. The minimum absolute atomic E-state index is 0.518. The molecule has 0 atom stereocenters. The van der Waals surface area contributed by atoms with Gasteiger partial charge in [-0.25, -0.2) is 5.43 Å². The molecule has 0 unspecified atom stereocenters. The first-order valence-corrected chi connectivity index (χ1v) is 8.01. The first kappa shape index (κ1) is 17.7. The Labute approximate surface area is 148 Å². The van der Waals surface area contributed by atoms with Gasteiger partial charge in [-0.15, -0.1) is 0 Å². The Balaban J connectivity index is 1.92. The molecular formula is C17H16BrN3O3. The summed E-state index contributed by atoms with van der Waals surface area (Å²) in [6, 6.07) is 14.1. The van der Waals surface area contributed by atoms with Gasteiger partial charge in [-0.05, 0) is 43.3 Å². The number of nitrogens with zero attached hydrogens (tertiary/aromatic N) is 1. The topological polar surface area (TPSA) is 79.8 Å². The molecule has 0 aliphatic rings. The van der Waals surface area contributed by atoms with E-state index in [-0.39, 0.29) is 0 Å². The highest BCUT2D eigenvalue weighted by atomic mass is 79.9. The Hall–Kier alpha value is -2.67. The summed E-state index contributed by atoms with van der Waals surface area (Å²) in [5.74, 6) is -1.01. The largest absolute Gasteiger partial charge is 0.493 e. The molecular weight excluding hydrogens is 374 g/mol. The first-order valence-electron chi connectivity index (χ1n) is 7.22. The maximum Gasteiger partial charge on any atom is 0.329 e. The van der Waals surface area contributed by atoms with Crippen molar-refractivity contribution in [3.63, 3.8) is 0 Å². The van der Waals surface area contributed by atoms with Crippen molar-refractivity contribution in [3.05, 3.63) is 58.6 Å². The van der Waals surface area contributed by atoms with Crippen LogP contribution in [0.15, 0.2) is 58.1 Å². The van der Waals surface area contributed by atoms with E-state index in [1.165, 1.54) is 6.21 Å². The molecule has 0 aromatic heterocycles. The van der Waals surface area contributed by atoms with Crippen LogP contribution >= 0.6 is 15.9 Å². The number of nitrogens with one attached hydrogen (secondary N) is 2. The number of amides is 2. The minimum Gasteiger partial charge on any atom is -0.493 e. The Bertz CT molecular complexity index is 745. The average Bonchev–Trinajstić information content (AvgIpc) is 2.58. The molecule has 6 nitrogen and oxygen atoms in total. The first-order chi connectivity index (χ1) is 11.6. The van der Waals surface area contributed by atoms with E-state index in [0.29, 0.717) is 23.6 Å². The third-order valence-electron chi connectivity index (χ3n) is 2.90. The molecule has 2 aromatic carbocycles. The zero-order chi connectivity index (χ0) is 17.4. The van der Waals surface area contributed by atoms with Crippen molar-refractivity contribution in [1.29, 1.82) is 0 Å². The van der Waals surface area contributed by atoms with Crippen molar-refractivity contribution in [3.8, 4) is 5.75 Å². The molecule has 2 aromatic rings. The van der Waals surface area contributed by atoms with Crippen LogP contribution in [0.5, 0.6) is 5.75 Å². The summed E-state index contributed by atoms with van der Waals surface area (Å²) in [7, 11) is 0. The molecule has 0 aliphatic heterocycles. The fourth-order valence-electron chi connectivity index (χ4n) is 1.81. The van der Waals surface area contributed by atoms with Crippen molar-refractivity contribution in [2.24, 2.45) is 5.10 Å². The van der Waals surface area contributed by atoms with Gasteiger partial charge in [0.15, 0.2) is 0 Å². The van der Waals surface area contributed by atoms with Crippen LogP contribution in [0.4, 0.5) is 5.69 Å². The molecule has 2 N–H and O–H groups in total. The molecule has 0 spiro atoms. The Morgan fingerprint density at radius 1 is 1.12 bits per heavy atom. The van der Waals surface area contributed by atoms with Crippen LogP contribution in [0.25, 0.3) is 0 Å². The number of rotatable bonds is 5. The number of benzene rings is 2. The number of hydrogen-bond acceptors (Lipinski definition) is 4. The van der Waals surface area contributed by atoms with Crippen LogP contribution in [0.2, 0.25) is 0 Å². The summed E-state index contributed by atoms with van der Waals surface area (Å²) in [4.78, 5) is 23.5. The maximum atomic E-state index is 11.8. The zero-order valence-corrected chi connectivity index (χ0v) is 14.5. The lowest BCUT2D eigenvalue weighted by molar-refractivity contribution is -0.136. The molecule has 0 saturated carbocycles. The Morgan fingerprint density at radius 2 is 1.83 bits per heavy atom. The number of halogens is 1. The van der Waals surface area contributed by atoms with Gasteiger partial charge in [-0.2, -0.15) is 5.10 Å². The molecule has 0 aliphatic carbocycles. The van der Waals surface area contributed by atoms with Gasteiger partial charge in [0, 0.05) is 15.7 Å². The minimum atomic E-state index is -0.858. The van der Waals surface area contributed by atoms with Crippen molar-refractivity contribution in [2.75, 3.05) is 11.9 Å². The number of carbonyl (C=O) groups excluding carboxylic acids is 2. The number of anilines is 1. The molecule has 0 saturated heterocycles. The van der Waals surface area contributed by atoms with E-state index in [1.807, 2.05) is 19.1 Å². The van der Waals surface area contributed by atoms with Crippen LogP contribution in [-0.4, -0.2) is 24.6 Å². The van der Waals surface area contributed by atoms with Crippen LogP contribution in [0.1, 0.15) is 12.5 Å². The summed E-state index contributed by atoms with van der Waals surface area (Å²) in [6.07, 6.45) is 1.43. The van der Waals surface area contributed by atoms with Gasteiger partial charge in [-0.3, -0.25) is 9.59 Å². The van der Waals surface area contributed by atoms with Gasteiger partial charge in [0.2, 0.25) is 0 Å². The number of hydrazone groups is 1. The average molecular weight is 390 g/mol. The predicted octanol–water partition coefficient (Wildman–Crippen LogP) is 2.94. The Morgan fingerprint density at radius 3 is 2.54 bits per heavy atom. The lowest BCUT2D eigenvalue weighted by Gasteiger charge is -2.06. The molecule has 124 valence electrons. The van der Waals surface area contributed by atoms with E-state index >= 15 is 0 Å². The van der Waals surface area contributed by atoms with Crippen molar-refractivity contribution in [2.45, 2.75) is 6.92 Å². The van der Waals surface area contributed by atoms with E-state index in [4.69, 9.17) is 4.74 Å². The van der Waals surface area contributed by atoms with Crippen LogP contribution in [-0.2, 0) is 9.59 Å². The molecule has 24 heavy (non-hydrogen) atoms. The molecule has 0 radical (unpaired) electrons. The fraction of sp³-hybridized carbons (Fsp3) is 0.118. The van der Waals surface area contributed by atoms with E-state index in [1.54, 1.807) is 36.4 Å². The quantitative estimate of drug-likeness (QED) is 0.468. The van der Waals surface area contributed by atoms with E-state index in [9.17, 15) is 9.59 Å². The maximum absolute atomic E-state index is 11.8. The molecule has 0 bridgehead atoms. The normalized spacial score (nSPS) is 10.4. The fourth-order valence-corrected chi connectivity index (χ4v) is 2.07. The summed E-state index contributed by atoms with van der Waals surface area (Å²) in [5, 5.41) is 6.27. The molecule has 2 rings (SSSR count). The van der Waals surface area contributed by atoms with Crippen LogP contribution < -0.4 is 15.5 Å². The summed E-state index contributed by atoms with van der Waals surface area (Å²) in [6.45, 7) is 2.40.